The third-order valence-corrected chi connectivity index (χ3v) is 3.66. The minimum absolute atomic E-state index is 0.410. The lowest BCUT2D eigenvalue weighted by Crippen LogP contribution is -2.17. The molecule has 0 saturated heterocycles. The molecule has 2 aromatic rings. The Bertz CT molecular complexity index is 500. The second kappa shape index (κ2) is 4.57. The number of nitrogens with zero attached hydrogens (tertiary/aromatic N) is 3. The summed E-state index contributed by atoms with van der Waals surface area (Å²) in [5, 5.41) is 7.73. The summed E-state index contributed by atoms with van der Waals surface area (Å²) in [6, 6.07) is 5.87. The van der Waals surface area contributed by atoms with Crippen molar-refractivity contribution < 1.29 is 4.74 Å². The molecular weight excluding hydrogens is 228 g/mol. The SMILES string of the molecule is COCCC1(CNc2nc3ccccn3n2)CC1. The van der Waals surface area contributed by atoms with Crippen molar-refractivity contribution in [3.05, 3.63) is 24.4 Å². The molecule has 5 heteroatoms. The van der Waals surface area contributed by atoms with Crippen LogP contribution in [0.5, 0.6) is 0 Å². The van der Waals surface area contributed by atoms with E-state index in [0.717, 1.165) is 25.2 Å². The van der Waals surface area contributed by atoms with E-state index in [4.69, 9.17) is 4.74 Å². The van der Waals surface area contributed by atoms with E-state index in [9.17, 15) is 0 Å². The number of anilines is 1. The van der Waals surface area contributed by atoms with E-state index >= 15 is 0 Å². The molecule has 0 spiro atoms. The van der Waals surface area contributed by atoms with Crippen LogP contribution in [-0.2, 0) is 4.74 Å². The lowest BCUT2D eigenvalue weighted by atomic mass is 10.0. The first-order valence-electron chi connectivity index (χ1n) is 6.36. The fraction of sp³-hybridized carbons (Fsp3) is 0.538. The summed E-state index contributed by atoms with van der Waals surface area (Å²) in [6.07, 6.45) is 5.57. The molecule has 0 aromatic carbocycles. The first-order valence-corrected chi connectivity index (χ1v) is 6.36. The maximum absolute atomic E-state index is 5.15. The first-order chi connectivity index (χ1) is 8.81. The largest absolute Gasteiger partial charge is 0.385 e. The van der Waals surface area contributed by atoms with Crippen LogP contribution in [-0.4, -0.2) is 34.9 Å². The van der Waals surface area contributed by atoms with Crippen LogP contribution in [0.25, 0.3) is 5.65 Å². The average Bonchev–Trinajstić information content (AvgIpc) is 3.04. The molecule has 96 valence electrons. The summed E-state index contributed by atoms with van der Waals surface area (Å²) < 4.78 is 6.94. The molecule has 0 unspecified atom stereocenters. The van der Waals surface area contributed by atoms with Gasteiger partial charge in [-0.15, -0.1) is 5.10 Å². The van der Waals surface area contributed by atoms with Crippen molar-refractivity contribution in [1.82, 2.24) is 14.6 Å². The van der Waals surface area contributed by atoms with Gasteiger partial charge in [-0.3, -0.25) is 0 Å². The van der Waals surface area contributed by atoms with Crippen LogP contribution in [0.15, 0.2) is 24.4 Å². The predicted octanol–water partition coefficient (Wildman–Crippen LogP) is 1.96. The monoisotopic (exact) mass is 246 g/mol. The summed E-state index contributed by atoms with van der Waals surface area (Å²) in [5.74, 6) is 0.713. The fourth-order valence-corrected chi connectivity index (χ4v) is 2.18. The Morgan fingerprint density at radius 3 is 3.06 bits per heavy atom. The minimum atomic E-state index is 0.410. The van der Waals surface area contributed by atoms with Gasteiger partial charge in [0.15, 0.2) is 5.65 Å². The quantitative estimate of drug-likeness (QED) is 0.846. The number of ether oxygens (including phenoxy) is 1. The third-order valence-electron chi connectivity index (χ3n) is 3.66. The molecular formula is C13H18N4O. The predicted molar refractivity (Wildman–Crippen MR) is 69.6 cm³/mol. The molecule has 0 bridgehead atoms. The third kappa shape index (κ3) is 2.31. The van der Waals surface area contributed by atoms with E-state index in [1.165, 1.54) is 12.8 Å². The van der Waals surface area contributed by atoms with Crippen molar-refractivity contribution >= 4 is 11.6 Å². The van der Waals surface area contributed by atoms with E-state index in [-0.39, 0.29) is 0 Å². The van der Waals surface area contributed by atoms with Crippen LogP contribution >= 0.6 is 0 Å². The molecule has 0 radical (unpaired) electrons. The highest BCUT2D eigenvalue weighted by atomic mass is 16.5. The molecule has 2 aromatic heterocycles. The van der Waals surface area contributed by atoms with E-state index in [0.29, 0.717) is 11.4 Å². The van der Waals surface area contributed by atoms with Gasteiger partial charge in [-0.25, -0.2) is 4.52 Å². The molecule has 1 N–H and O–H groups in total. The van der Waals surface area contributed by atoms with Gasteiger partial charge >= 0.3 is 0 Å². The molecule has 1 aliphatic rings. The van der Waals surface area contributed by atoms with Gasteiger partial charge in [-0.05, 0) is 36.8 Å². The van der Waals surface area contributed by atoms with Crippen LogP contribution in [0, 0.1) is 5.41 Å². The van der Waals surface area contributed by atoms with Gasteiger partial charge in [0.2, 0.25) is 5.95 Å². The lowest BCUT2D eigenvalue weighted by Gasteiger charge is -2.14. The highest BCUT2D eigenvalue weighted by molar-refractivity contribution is 5.42. The van der Waals surface area contributed by atoms with Gasteiger partial charge in [0, 0.05) is 26.5 Å². The number of nitrogens with one attached hydrogen (secondary N) is 1. The molecule has 0 atom stereocenters. The fourth-order valence-electron chi connectivity index (χ4n) is 2.18. The van der Waals surface area contributed by atoms with Gasteiger partial charge in [0.25, 0.3) is 0 Å². The van der Waals surface area contributed by atoms with Crippen molar-refractivity contribution in [3.8, 4) is 0 Å². The zero-order chi connectivity index (χ0) is 12.4. The lowest BCUT2D eigenvalue weighted by molar-refractivity contribution is 0.175. The van der Waals surface area contributed by atoms with Crippen molar-refractivity contribution in [3.63, 3.8) is 0 Å². The van der Waals surface area contributed by atoms with Gasteiger partial charge in [-0.2, -0.15) is 4.98 Å². The number of aromatic nitrogens is 3. The molecule has 2 heterocycles. The first kappa shape index (κ1) is 11.5. The Labute approximate surface area is 106 Å². The summed E-state index contributed by atoms with van der Waals surface area (Å²) in [5.41, 5.74) is 1.29. The number of methoxy groups -OCH3 is 1. The molecule has 0 amide bonds. The number of pyridine rings is 1. The highest BCUT2D eigenvalue weighted by Crippen LogP contribution is 2.48. The standard InChI is InChI=1S/C13H18N4O/c1-18-9-7-13(5-6-13)10-14-12-15-11-4-2-3-8-17(11)16-12/h2-4,8H,5-7,9-10H2,1H3,(H,14,16). The molecule has 1 aliphatic carbocycles. The zero-order valence-electron chi connectivity index (χ0n) is 10.6. The Balaban J connectivity index is 1.63. The van der Waals surface area contributed by atoms with Gasteiger partial charge in [0.05, 0.1) is 0 Å². The topological polar surface area (TPSA) is 51.5 Å². The minimum Gasteiger partial charge on any atom is -0.385 e. The Morgan fingerprint density at radius 2 is 2.33 bits per heavy atom. The van der Waals surface area contributed by atoms with E-state index < -0.39 is 0 Å². The summed E-state index contributed by atoms with van der Waals surface area (Å²) in [4.78, 5) is 4.43. The van der Waals surface area contributed by atoms with Crippen LogP contribution in [0.4, 0.5) is 5.95 Å². The molecule has 5 nitrogen and oxygen atoms in total. The Hall–Kier alpha value is -1.62. The molecule has 0 aliphatic heterocycles. The maximum atomic E-state index is 5.15. The number of rotatable bonds is 6. The van der Waals surface area contributed by atoms with Gasteiger partial charge in [0.1, 0.15) is 0 Å². The molecule has 1 saturated carbocycles. The van der Waals surface area contributed by atoms with Crippen LogP contribution in [0.3, 0.4) is 0 Å². The molecule has 3 rings (SSSR count). The van der Waals surface area contributed by atoms with Gasteiger partial charge in [-0.1, -0.05) is 6.07 Å². The number of hydrogen-bond acceptors (Lipinski definition) is 4. The van der Waals surface area contributed by atoms with Crippen molar-refractivity contribution in [2.45, 2.75) is 19.3 Å². The van der Waals surface area contributed by atoms with Crippen molar-refractivity contribution in [1.29, 1.82) is 0 Å². The van der Waals surface area contributed by atoms with Gasteiger partial charge < -0.3 is 10.1 Å². The second-order valence-electron chi connectivity index (χ2n) is 5.04. The van der Waals surface area contributed by atoms with Crippen molar-refractivity contribution in [2.24, 2.45) is 5.41 Å². The molecule has 1 fully saturated rings. The summed E-state index contributed by atoms with van der Waals surface area (Å²) in [6.45, 7) is 1.77. The second-order valence-corrected chi connectivity index (χ2v) is 5.04. The number of hydrogen-bond donors (Lipinski definition) is 1. The van der Waals surface area contributed by atoms with Crippen LogP contribution in [0.1, 0.15) is 19.3 Å². The van der Waals surface area contributed by atoms with Crippen LogP contribution < -0.4 is 5.32 Å². The normalized spacial score (nSPS) is 16.9. The zero-order valence-corrected chi connectivity index (χ0v) is 10.6. The Kier molecular flexibility index (Phi) is 2.91. The van der Waals surface area contributed by atoms with E-state index in [2.05, 4.69) is 15.4 Å². The van der Waals surface area contributed by atoms with Crippen molar-refractivity contribution in [2.75, 3.05) is 25.6 Å². The average molecular weight is 246 g/mol. The maximum Gasteiger partial charge on any atom is 0.243 e. The highest BCUT2D eigenvalue weighted by Gasteiger charge is 2.41. The number of fused-ring (bicyclic) bond motifs is 1. The van der Waals surface area contributed by atoms with Crippen LogP contribution in [0.2, 0.25) is 0 Å². The summed E-state index contributed by atoms with van der Waals surface area (Å²) in [7, 11) is 1.76. The van der Waals surface area contributed by atoms with E-state index in [1.807, 2.05) is 24.4 Å². The Morgan fingerprint density at radius 1 is 1.44 bits per heavy atom. The summed E-state index contributed by atoms with van der Waals surface area (Å²) >= 11 is 0. The molecule has 18 heavy (non-hydrogen) atoms. The smallest absolute Gasteiger partial charge is 0.243 e. The van der Waals surface area contributed by atoms with E-state index in [1.54, 1.807) is 11.6 Å².